The molecule has 0 aliphatic rings. The van der Waals surface area contributed by atoms with Crippen molar-refractivity contribution in [3.05, 3.63) is 48.0 Å². The molecule has 1 aromatic carbocycles. The quantitative estimate of drug-likeness (QED) is 0.0167. The Balaban J connectivity index is 2.52. The van der Waals surface area contributed by atoms with Crippen molar-refractivity contribution >= 4 is 71.1 Å². The number of aromatic amines is 1. The van der Waals surface area contributed by atoms with E-state index in [4.69, 9.17) is 28.7 Å². The second kappa shape index (κ2) is 38.3. The number of aliphatic carboxylic acids is 2. The molecule has 85 heavy (non-hydrogen) atoms. The van der Waals surface area contributed by atoms with E-state index in [1.807, 2.05) is 10.6 Å². The number of nitrogens with one attached hydrogen (secondary N) is 10. The maximum absolute atomic E-state index is 14.5. The van der Waals surface area contributed by atoms with Crippen molar-refractivity contribution in [1.29, 1.82) is 0 Å². The highest BCUT2D eigenvalue weighted by atomic mass is 16.4. The first-order valence-electron chi connectivity index (χ1n) is 26.9. The van der Waals surface area contributed by atoms with E-state index in [9.17, 15) is 88.5 Å². The number of amides is 9. The monoisotopic (exact) mass is 1210 g/mol. The number of nitrogens with zero attached hydrogens (tertiary/aromatic N) is 2. The van der Waals surface area contributed by atoms with Crippen LogP contribution in [0.2, 0.25) is 0 Å². The van der Waals surface area contributed by atoms with Gasteiger partial charge in [0.1, 0.15) is 54.1 Å². The number of phenols is 1. The molecule has 0 fully saturated rings. The molecule has 9 amide bonds. The van der Waals surface area contributed by atoms with E-state index < -0.39 is 164 Å². The van der Waals surface area contributed by atoms with Crippen LogP contribution in [0, 0.1) is 0 Å². The predicted octanol–water partition coefficient (Wildman–Crippen LogP) is -9.18. The minimum Gasteiger partial charge on any atom is -0.508 e. The van der Waals surface area contributed by atoms with Crippen LogP contribution in [0.5, 0.6) is 5.75 Å². The number of hydrogen-bond acceptors (Lipinski definition) is 21. The topological polar surface area (TPSA) is 609 Å². The molecule has 2 rings (SSSR count). The second-order valence-electron chi connectivity index (χ2n) is 19.5. The molecule has 35 heteroatoms. The van der Waals surface area contributed by atoms with Crippen molar-refractivity contribution in [3.8, 4) is 5.75 Å². The molecule has 1 aromatic heterocycles. The van der Waals surface area contributed by atoms with Gasteiger partial charge in [-0.3, -0.25) is 52.9 Å². The summed E-state index contributed by atoms with van der Waals surface area (Å²) in [5, 5.41) is 89.8. The Morgan fingerprint density at radius 2 is 0.965 bits per heavy atom. The highest BCUT2D eigenvalue weighted by Crippen LogP contribution is 2.14. The summed E-state index contributed by atoms with van der Waals surface area (Å²) in [5.41, 5.74) is 28.7. The van der Waals surface area contributed by atoms with Crippen LogP contribution in [0.1, 0.15) is 76.0 Å². The van der Waals surface area contributed by atoms with Crippen molar-refractivity contribution < 1.29 is 88.5 Å². The lowest BCUT2D eigenvalue weighted by atomic mass is 10.0. The van der Waals surface area contributed by atoms with E-state index in [0.717, 1.165) is 6.92 Å². The van der Waals surface area contributed by atoms with Gasteiger partial charge in [-0.05, 0) is 82.7 Å². The summed E-state index contributed by atoms with van der Waals surface area (Å²) in [6.07, 6.45) is 0.419. The van der Waals surface area contributed by atoms with Gasteiger partial charge in [0.25, 0.3) is 0 Å². The molecular formula is C50H81N17O18. The van der Waals surface area contributed by atoms with Crippen molar-refractivity contribution in [1.82, 2.24) is 57.8 Å². The Morgan fingerprint density at radius 3 is 1.40 bits per heavy atom. The fourth-order valence-corrected chi connectivity index (χ4v) is 7.87. The molecule has 0 spiro atoms. The summed E-state index contributed by atoms with van der Waals surface area (Å²) in [4.78, 5) is 157. The van der Waals surface area contributed by atoms with E-state index in [-0.39, 0.29) is 69.0 Å². The molecule has 0 unspecified atom stereocenters. The standard InChI is InChI=1S/C50H81N17O18/c1-25(71)39(49(84)85)67-45(80)34(19-38(73)74)63-47(82)36(22-69)65-43(78)32(17-26-10-12-28(72)13-11-26)61-42(77)30(8-3-5-15-52)59-41(76)31(9-6-16-57-50(54)55)60-44(79)33(18-27-20-56-24-58-27)62-46(81)37(23-70)66-48(83)35(21-68)64-40(75)29(53)7-2-4-14-51/h10-13,20,24-25,29-37,39,68-72H,2-9,14-19,21-23,51-53H2,1H3,(H,56,58)(H,59,76)(H,60,79)(H,61,77)(H,62,81)(H,63,82)(H,64,75)(H,65,78)(H,66,83)(H,67,80)(H,73,74)(H,84,85)(H4,54,55,57)/t25-,29+,30+,31+,32+,33+,34+,35+,36+,37+,39+/m1/s1. The molecule has 0 aliphatic heterocycles. The van der Waals surface area contributed by atoms with Gasteiger partial charge >= 0.3 is 11.9 Å². The highest BCUT2D eigenvalue weighted by Gasteiger charge is 2.37. The van der Waals surface area contributed by atoms with Crippen LogP contribution in [0.15, 0.2) is 41.8 Å². The largest absolute Gasteiger partial charge is 0.508 e. The third kappa shape index (κ3) is 26.7. The van der Waals surface area contributed by atoms with Gasteiger partial charge in [0.15, 0.2) is 12.0 Å². The van der Waals surface area contributed by atoms with Crippen molar-refractivity contribution in [2.45, 2.75) is 144 Å². The Kier molecular flexibility index (Phi) is 32.7. The van der Waals surface area contributed by atoms with E-state index in [1.54, 1.807) is 0 Å². The van der Waals surface area contributed by atoms with E-state index in [1.165, 1.54) is 36.8 Å². The number of aromatic hydroxyl groups is 1. The number of H-pyrrole nitrogens is 1. The normalized spacial score (nSPS) is 14.9. The van der Waals surface area contributed by atoms with E-state index in [2.05, 4.69) is 52.2 Å². The van der Waals surface area contributed by atoms with Gasteiger partial charge < -0.3 is 117 Å². The number of aliphatic hydroxyl groups is 4. The Morgan fingerprint density at radius 1 is 0.553 bits per heavy atom. The third-order valence-corrected chi connectivity index (χ3v) is 12.6. The van der Waals surface area contributed by atoms with Crippen LogP contribution in [0.25, 0.3) is 0 Å². The summed E-state index contributed by atoms with van der Waals surface area (Å²) in [6, 6.07) is -11.6. The molecule has 474 valence electrons. The number of aromatic nitrogens is 2. The Bertz CT molecular complexity index is 2540. The number of phenolic OH excluding ortho intramolecular Hbond substituents is 1. The lowest BCUT2D eigenvalue weighted by Crippen LogP contribution is -2.61. The Hall–Kier alpha value is -8.61. The zero-order valence-corrected chi connectivity index (χ0v) is 46.7. The summed E-state index contributed by atoms with van der Waals surface area (Å²) in [5.74, 6) is -13.9. The maximum atomic E-state index is 14.5. The summed E-state index contributed by atoms with van der Waals surface area (Å²) >= 11 is 0. The molecule has 2 aromatic rings. The third-order valence-electron chi connectivity index (χ3n) is 12.6. The minimum atomic E-state index is -2.02. The molecule has 11 atom stereocenters. The van der Waals surface area contributed by atoms with Crippen molar-refractivity contribution in [3.63, 3.8) is 0 Å². The van der Waals surface area contributed by atoms with Crippen LogP contribution >= 0.6 is 0 Å². The SMILES string of the molecule is C[C@@H](O)[C@H](NC(=O)[C@H](CC(=O)O)NC(=O)[C@H](CO)NC(=O)[C@H](Cc1ccc(O)cc1)NC(=O)[C@H](CCCCN)NC(=O)[C@H](CCCN=C(N)N)NC(=O)[C@H](Cc1cnc[nH]1)NC(=O)[C@H](CO)NC(=O)[C@H](CO)NC(=O)[C@@H](N)CCCCN)C(=O)O. The molecule has 0 aliphatic carbocycles. The number of unbranched alkanes of at least 4 members (excludes halogenated alkanes) is 2. The first-order chi connectivity index (χ1) is 40.3. The average Bonchev–Trinajstić information content (AvgIpc) is 4.01. The second-order valence-corrected chi connectivity index (χ2v) is 19.5. The number of aliphatic hydroxyl groups excluding tert-OH is 4. The summed E-state index contributed by atoms with van der Waals surface area (Å²) < 4.78 is 0. The molecular weight excluding hydrogens is 1130 g/mol. The molecule has 27 N–H and O–H groups in total. The molecule has 35 nitrogen and oxygen atoms in total. The molecule has 0 radical (unpaired) electrons. The minimum absolute atomic E-state index is 0.0125. The smallest absolute Gasteiger partial charge is 0.328 e. The number of carbonyl (C=O) groups excluding carboxylic acids is 9. The number of guanidine groups is 1. The van der Waals surface area contributed by atoms with Gasteiger partial charge in [0.05, 0.1) is 44.7 Å². The van der Waals surface area contributed by atoms with Crippen LogP contribution in [-0.2, 0) is 65.6 Å². The summed E-state index contributed by atoms with van der Waals surface area (Å²) in [7, 11) is 0. The molecule has 0 saturated carbocycles. The average molecular weight is 1210 g/mol. The lowest BCUT2D eigenvalue weighted by Gasteiger charge is -2.28. The number of benzene rings is 1. The number of nitrogens with two attached hydrogens (primary N) is 5. The van der Waals surface area contributed by atoms with E-state index in [0.29, 0.717) is 31.4 Å². The molecule has 1 heterocycles. The number of rotatable bonds is 41. The van der Waals surface area contributed by atoms with Gasteiger partial charge in [0, 0.05) is 31.3 Å². The van der Waals surface area contributed by atoms with Crippen molar-refractivity contribution in [2.24, 2.45) is 33.7 Å². The first kappa shape index (κ1) is 72.5. The van der Waals surface area contributed by atoms with Crippen LogP contribution < -0.4 is 76.5 Å². The fourth-order valence-electron chi connectivity index (χ4n) is 7.87. The van der Waals surface area contributed by atoms with Crippen LogP contribution in [-0.4, -0.2) is 223 Å². The van der Waals surface area contributed by atoms with Gasteiger partial charge in [-0.1, -0.05) is 18.6 Å². The maximum Gasteiger partial charge on any atom is 0.328 e. The number of hydrogen-bond donors (Lipinski definition) is 22. The number of carbonyl (C=O) groups is 11. The Labute approximate surface area is 487 Å². The lowest BCUT2D eigenvalue weighted by molar-refractivity contribution is -0.146. The summed E-state index contributed by atoms with van der Waals surface area (Å²) in [6.45, 7) is -1.77. The number of aliphatic imine (C=N–C) groups is 1. The number of carboxylic acid groups (broad SMARTS) is 2. The van der Waals surface area contributed by atoms with Crippen LogP contribution in [0.4, 0.5) is 0 Å². The van der Waals surface area contributed by atoms with Gasteiger partial charge in [-0.2, -0.15) is 0 Å². The van der Waals surface area contributed by atoms with Crippen molar-refractivity contribution in [2.75, 3.05) is 39.5 Å². The fraction of sp³-hybridized carbons (Fsp3) is 0.580. The van der Waals surface area contributed by atoms with Gasteiger partial charge in [-0.15, -0.1) is 0 Å². The highest BCUT2D eigenvalue weighted by molar-refractivity contribution is 5.99. The van der Waals surface area contributed by atoms with E-state index >= 15 is 0 Å². The number of carboxylic acids is 2. The zero-order valence-electron chi connectivity index (χ0n) is 46.7. The number of imidazole rings is 1. The molecule has 0 saturated heterocycles. The van der Waals surface area contributed by atoms with Gasteiger partial charge in [0.2, 0.25) is 53.2 Å². The zero-order chi connectivity index (χ0) is 63.8. The first-order valence-corrected chi connectivity index (χ1v) is 26.9. The van der Waals surface area contributed by atoms with Crippen LogP contribution in [0.3, 0.4) is 0 Å². The predicted molar refractivity (Wildman–Crippen MR) is 298 cm³/mol. The molecule has 0 bridgehead atoms. The van der Waals surface area contributed by atoms with Gasteiger partial charge in [-0.25, -0.2) is 9.78 Å².